The molecular formula is C14H25NO3. The number of piperidine rings is 1. The summed E-state index contributed by atoms with van der Waals surface area (Å²) in [4.78, 5) is 24.5. The fourth-order valence-corrected chi connectivity index (χ4v) is 2.74. The van der Waals surface area contributed by atoms with Gasteiger partial charge in [-0.3, -0.25) is 9.59 Å². The Kier molecular flexibility index (Phi) is 5.63. The van der Waals surface area contributed by atoms with E-state index in [9.17, 15) is 9.59 Å². The molecule has 0 aromatic heterocycles. The number of unbranched alkanes of at least 4 members (excludes halogenated alkanes) is 1. The van der Waals surface area contributed by atoms with E-state index in [-0.39, 0.29) is 12.3 Å². The summed E-state index contributed by atoms with van der Waals surface area (Å²) in [5.41, 5.74) is 0. The molecule has 0 aromatic rings. The summed E-state index contributed by atoms with van der Waals surface area (Å²) in [7, 11) is 0. The second-order valence-corrected chi connectivity index (χ2v) is 5.71. The highest BCUT2D eigenvalue weighted by molar-refractivity contribution is 5.76. The van der Waals surface area contributed by atoms with E-state index in [1.807, 2.05) is 4.90 Å². The Hall–Kier alpha value is -1.06. The molecule has 0 aliphatic carbocycles. The average Bonchev–Trinajstić information content (AvgIpc) is 2.28. The minimum absolute atomic E-state index is 0.162. The van der Waals surface area contributed by atoms with Gasteiger partial charge in [-0.2, -0.15) is 0 Å². The third-order valence-electron chi connectivity index (χ3n) is 3.95. The van der Waals surface area contributed by atoms with E-state index < -0.39 is 5.97 Å². The summed E-state index contributed by atoms with van der Waals surface area (Å²) < 4.78 is 0. The summed E-state index contributed by atoms with van der Waals surface area (Å²) in [6.45, 7) is 7.35. The van der Waals surface area contributed by atoms with Gasteiger partial charge in [0.2, 0.25) is 5.91 Å². The van der Waals surface area contributed by atoms with Crippen molar-refractivity contribution in [2.24, 2.45) is 11.8 Å². The van der Waals surface area contributed by atoms with Gasteiger partial charge in [0.15, 0.2) is 0 Å². The number of carboxylic acids is 1. The summed E-state index contributed by atoms with van der Waals surface area (Å²) in [5, 5.41) is 8.54. The minimum atomic E-state index is -0.781. The molecule has 3 unspecified atom stereocenters. The van der Waals surface area contributed by atoms with E-state index in [2.05, 4.69) is 20.8 Å². The third kappa shape index (κ3) is 4.31. The monoisotopic (exact) mass is 255 g/mol. The van der Waals surface area contributed by atoms with Crippen molar-refractivity contribution >= 4 is 11.9 Å². The first-order valence-corrected chi connectivity index (χ1v) is 6.93. The van der Waals surface area contributed by atoms with Crippen LogP contribution in [-0.2, 0) is 9.59 Å². The minimum Gasteiger partial charge on any atom is -0.481 e. The van der Waals surface area contributed by atoms with Crippen LogP contribution in [0.25, 0.3) is 0 Å². The molecule has 1 heterocycles. The molecule has 0 spiro atoms. The van der Waals surface area contributed by atoms with Gasteiger partial charge >= 0.3 is 5.97 Å². The predicted octanol–water partition coefficient (Wildman–Crippen LogP) is 2.52. The number of hydrogen-bond acceptors (Lipinski definition) is 2. The maximum atomic E-state index is 12.1. The van der Waals surface area contributed by atoms with Crippen LogP contribution in [0.5, 0.6) is 0 Å². The SMILES string of the molecule is CC1CC(C)C(C)N(C(=O)CCCCC(=O)O)C1. The van der Waals surface area contributed by atoms with Gasteiger partial charge in [-0.1, -0.05) is 13.8 Å². The Labute approximate surface area is 109 Å². The lowest BCUT2D eigenvalue weighted by atomic mass is 9.86. The molecule has 1 rings (SSSR count). The van der Waals surface area contributed by atoms with Crippen molar-refractivity contribution in [3.8, 4) is 0 Å². The Morgan fingerprint density at radius 3 is 2.39 bits per heavy atom. The summed E-state index contributed by atoms with van der Waals surface area (Å²) in [6, 6.07) is 0.313. The highest BCUT2D eigenvalue weighted by Crippen LogP contribution is 2.27. The Morgan fingerprint density at radius 2 is 1.78 bits per heavy atom. The van der Waals surface area contributed by atoms with Crippen LogP contribution in [-0.4, -0.2) is 34.5 Å². The topological polar surface area (TPSA) is 57.6 Å². The number of rotatable bonds is 5. The van der Waals surface area contributed by atoms with Crippen LogP contribution in [0.1, 0.15) is 52.9 Å². The van der Waals surface area contributed by atoms with Gasteiger partial charge in [0.1, 0.15) is 0 Å². The van der Waals surface area contributed by atoms with Crippen molar-refractivity contribution in [3.63, 3.8) is 0 Å². The highest BCUT2D eigenvalue weighted by atomic mass is 16.4. The van der Waals surface area contributed by atoms with Crippen molar-refractivity contribution in [1.82, 2.24) is 4.90 Å². The first kappa shape index (κ1) is 15.0. The van der Waals surface area contributed by atoms with Gasteiger partial charge in [-0.25, -0.2) is 0 Å². The van der Waals surface area contributed by atoms with E-state index in [4.69, 9.17) is 5.11 Å². The van der Waals surface area contributed by atoms with Gasteiger partial charge < -0.3 is 10.0 Å². The van der Waals surface area contributed by atoms with E-state index in [1.165, 1.54) is 6.42 Å². The first-order chi connectivity index (χ1) is 8.41. The molecule has 0 saturated carbocycles. The zero-order valence-electron chi connectivity index (χ0n) is 11.7. The van der Waals surface area contributed by atoms with E-state index >= 15 is 0 Å². The molecule has 3 atom stereocenters. The summed E-state index contributed by atoms with van der Waals surface area (Å²) in [6.07, 6.45) is 3.10. The Bertz CT molecular complexity index is 303. The van der Waals surface area contributed by atoms with Gasteiger partial charge in [0, 0.05) is 25.4 Å². The quantitative estimate of drug-likeness (QED) is 0.768. The zero-order chi connectivity index (χ0) is 13.7. The lowest BCUT2D eigenvalue weighted by Crippen LogP contribution is -2.48. The molecule has 104 valence electrons. The molecule has 1 aliphatic rings. The summed E-state index contributed by atoms with van der Waals surface area (Å²) in [5.74, 6) is 0.526. The number of likely N-dealkylation sites (tertiary alicyclic amines) is 1. The third-order valence-corrected chi connectivity index (χ3v) is 3.95. The van der Waals surface area contributed by atoms with Gasteiger partial charge in [0.05, 0.1) is 0 Å². The molecule has 0 bridgehead atoms. The van der Waals surface area contributed by atoms with Gasteiger partial charge in [0.25, 0.3) is 0 Å². The molecule has 4 nitrogen and oxygen atoms in total. The molecule has 1 N–H and O–H groups in total. The van der Waals surface area contributed by atoms with Crippen LogP contribution in [0.4, 0.5) is 0 Å². The van der Waals surface area contributed by atoms with Crippen LogP contribution in [0, 0.1) is 11.8 Å². The molecule has 1 saturated heterocycles. The molecular weight excluding hydrogens is 230 g/mol. The molecule has 4 heteroatoms. The fourth-order valence-electron chi connectivity index (χ4n) is 2.74. The second-order valence-electron chi connectivity index (χ2n) is 5.71. The first-order valence-electron chi connectivity index (χ1n) is 6.93. The van der Waals surface area contributed by atoms with Crippen molar-refractivity contribution in [1.29, 1.82) is 0 Å². The standard InChI is InChI=1S/C14H25NO3/c1-10-8-11(2)12(3)15(9-10)13(16)6-4-5-7-14(17)18/h10-12H,4-9H2,1-3H3,(H,17,18). The maximum absolute atomic E-state index is 12.1. The lowest BCUT2D eigenvalue weighted by Gasteiger charge is -2.41. The van der Waals surface area contributed by atoms with Crippen LogP contribution in [0.15, 0.2) is 0 Å². The Balaban J connectivity index is 2.37. The smallest absolute Gasteiger partial charge is 0.303 e. The van der Waals surface area contributed by atoms with Crippen LogP contribution in [0.3, 0.4) is 0 Å². The zero-order valence-corrected chi connectivity index (χ0v) is 11.7. The molecule has 0 aromatic carbocycles. The van der Waals surface area contributed by atoms with Crippen LogP contribution < -0.4 is 0 Å². The number of nitrogens with zero attached hydrogens (tertiary/aromatic N) is 1. The number of aliphatic carboxylic acids is 1. The van der Waals surface area contributed by atoms with Gasteiger partial charge in [-0.15, -0.1) is 0 Å². The van der Waals surface area contributed by atoms with Crippen molar-refractivity contribution in [3.05, 3.63) is 0 Å². The molecule has 1 aliphatic heterocycles. The number of carboxylic acid groups (broad SMARTS) is 1. The highest BCUT2D eigenvalue weighted by Gasteiger charge is 2.31. The number of carbonyl (C=O) groups is 2. The normalized spacial score (nSPS) is 28.2. The molecule has 1 amide bonds. The lowest BCUT2D eigenvalue weighted by molar-refractivity contribution is -0.139. The Morgan fingerprint density at radius 1 is 1.17 bits per heavy atom. The molecule has 18 heavy (non-hydrogen) atoms. The number of hydrogen-bond donors (Lipinski definition) is 1. The summed E-state index contributed by atoms with van der Waals surface area (Å²) >= 11 is 0. The number of amides is 1. The van der Waals surface area contributed by atoms with Crippen molar-refractivity contribution in [2.75, 3.05) is 6.54 Å². The van der Waals surface area contributed by atoms with E-state index in [0.29, 0.717) is 37.1 Å². The van der Waals surface area contributed by atoms with E-state index in [1.54, 1.807) is 0 Å². The number of carbonyl (C=O) groups excluding carboxylic acids is 1. The average molecular weight is 255 g/mol. The van der Waals surface area contributed by atoms with Crippen molar-refractivity contribution in [2.45, 2.75) is 58.9 Å². The largest absolute Gasteiger partial charge is 0.481 e. The fraction of sp³-hybridized carbons (Fsp3) is 0.857. The van der Waals surface area contributed by atoms with E-state index in [0.717, 1.165) is 6.54 Å². The maximum Gasteiger partial charge on any atom is 0.303 e. The predicted molar refractivity (Wildman–Crippen MR) is 70.2 cm³/mol. The van der Waals surface area contributed by atoms with Crippen LogP contribution in [0.2, 0.25) is 0 Å². The molecule has 1 fully saturated rings. The van der Waals surface area contributed by atoms with Crippen molar-refractivity contribution < 1.29 is 14.7 Å². The van der Waals surface area contributed by atoms with Gasteiger partial charge in [-0.05, 0) is 38.0 Å². The van der Waals surface area contributed by atoms with Crippen LogP contribution >= 0.6 is 0 Å². The molecule has 0 radical (unpaired) electrons. The second kappa shape index (κ2) is 6.76.